The number of carboxylic acids is 1. The molecule has 3 aliphatic rings. The Morgan fingerprint density at radius 2 is 0.884 bits per heavy atom. The number of aromatic nitrogens is 11. The average Bonchev–Trinajstić information content (AvgIpc) is 0.845. The van der Waals surface area contributed by atoms with Gasteiger partial charge in [0.15, 0.2) is 5.43 Å². The second-order valence-corrected chi connectivity index (χ2v) is 38.3. The zero-order chi connectivity index (χ0) is 102. The van der Waals surface area contributed by atoms with Gasteiger partial charge in [-0.3, -0.25) is 64.2 Å². The summed E-state index contributed by atoms with van der Waals surface area (Å²) >= 11 is 0. The maximum Gasteiger partial charge on any atom is 0.335 e. The summed E-state index contributed by atoms with van der Waals surface area (Å²) in [4.78, 5) is 89.2. The number of carbonyl (C=O) groups is 2. The summed E-state index contributed by atoms with van der Waals surface area (Å²) in [6.07, 6.45) is 21.3. The molecule has 0 unspecified atom stereocenters. The van der Waals surface area contributed by atoms with Crippen molar-refractivity contribution in [2.45, 2.75) is 230 Å². The van der Waals surface area contributed by atoms with E-state index in [1.807, 2.05) is 147 Å². The number of nitrogens with zero attached hydrogens (tertiary/aromatic N) is 17. The second kappa shape index (κ2) is 63.0. The smallest absolute Gasteiger partial charge is 0.335 e. The lowest BCUT2D eigenvalue weighted by molar-refractivity contribution is 0.0696. The van der Waals surface area contributed by atoms with Gasteiger partial charge in [0.1, 0.15) is 6.07 Å². The summed E-state index contributed by atoms with van der Waals surface area (Å²) in [5.74, 6) is 3.73. The van der Waals surface area contributed by atoms with E-state index in [2.05, 4.69) is 239 Å². The third kappa shape index (κ3) is 45.6. The third-order valence-corrected chi connectivity index (χ3v) is 22.0. The number of β-amino-alcohol motifs (C(OH)–C–C–N with tert-alkyl or cyclic N) is 2. The molecule has 3 aliphatic heterocycles. The van der Waals surface area contributed by atoms with Gasteiger partial charge in [0.25, 0.3) is 0 Å². The van der Waals surface area contributed by atoms with E-state index in [0.29, 0.717) is 81.4 Å². The van der Waals surface area contributed by atoms with E-state index < -0.39 is 11.9 Å². The third-order valence-electron chi connectivity index (χ3n) is 22.0. The van der Waals surface area contributed by atoms with Gasteiger partial charge in [0.2, 0.25) is 11.8 Å². The lowest BCUT2D eigenvalue weighted by atomic mass is 9.91. The van der Waals surface area contributed by atoms with Gasteiger partial charge in [-0.2, -0.15) is 10.5 Å². The molecule has 3 fully saturated rings. The highest BCUT2D eigenvalue weighted by Crippen LogP contribution is 2.27. The number of hydrogen-bond acceptors (Lipinski definition) is 24. The zero-order valence-electron chi connectivity index (χ0n) is 86.8. The van der Waals surface area contributed by atoms with E-state index >= 15 is 0 Å². The van der Waals surface area contributed by atoms with Gasteiger partial charge in [0.05, 0.1) is 80.1 Å². The van der Waals surface area contributed by atoms with Gasteiger partial charge in [-0.1, -0.05) is 178 Å². The quantitative estimate of drug-likeness (QED) is 0.0502. The fourth-order valence-electron chi connectivity index (χ4n) is 13.1. The minimum absolute atomic E-state index is 0.0501. The predicted octanol–water partition coefficient (Wildman–Crippen LogP) is 20.5. The van der Waals surface area contributed by atoms with Crippen molar-refractivity contribution in [3.05, 3.63) is 309 Å². The molecule has 14 heterocycles. The predicted molar refractivity (Wildman–Crippen MR) is 560 cm³/mol. The number of carbonyl (C=O) groups excluding carboxylic acids is 1. The Balaban J connectivity index is 0.000000319. The van der Waals surface area contributed by atoms with Crippen LogP contribution in [-0.2, 0) is 15.6 Å². The minimum Gasteiger partial charge on any atom is -0.481 e. The SMILES string of the molecule is CC(C)(C)c1cc(C(=O)O)ccn1.CC(C)(C)c1cc(C(N)=O)ccn1.CC(C)c1cc(=O)cc[nH]1.CC(C)c1cc(C#N)ccn1.CC(C)c1cc(N2CCN(CCO)CC2)ccn1.CC(C)c1ccc(C#N)cn1.CC(C)c1ccc(N2CCN(CCO)CC2)cn1.CC(C)c1ccc(N2CCOCC2)cn1.CC(C)c1cccnc1.CC(C)c1ccncc1.COc1cccc(C(C)C)n1. The number of ether oxygens (including phenoxy) is 2. The number of pyridine rings is 11. The van der Waals surface area contributed by atoms with Gasteiger partial charge >= 0.3 is 5.97 Å². The number of anilines is 3. The summed E-state index contributed by atoms with van der Waals surface area (Å²) in [5, 5.41) is 43.6. The lowest BCUT2D eigenvalue weighted by Crippen LogP contribution is -2.47. The number of nitriles is 2. The number of aliphatic hydroxyl groups is 2. The molecule has 0 aliphatic carbocycles. The highest BCUT2D eigenvalue weighted by atomic mass is 16.5. The number of aromatic amines is 1. The summed E-state index contributed by atoms with van der Waals surface area (Å²) in [5.41, 5.74) is 22.8. The van der Waals surface area contributed by atoms with E-state index in [0.717, 1.165) is 143 Å². The number of nitrogens with one attached hydrogen (secondary N) is 1. The standard InChI is InChI=1S/2C14H23N3O.C12H18N2O.C10H14N2O.C10H13NO2.2C9H10N2.C9H13NO.C8H11NO.2C8H11N/c1-12(2)14-11-13(3-4-15-14)17-7-5-16(6-8-17)9-10-18;1-12(2)14-4-3-13(11-15-14)17-7-5-16(6-8-17)9-10-18;1-10(2)12-4-3-11(9-13-12)14-5-7-15-8-6-14;1-10(2,3)8-6-7(9(11)13)4-5-12-8;1-10(2,3)8-6-7(9(12)13)4-5-11-8;1-7(2)9-5-8(6-10)3-4-11-9;1-7(2)9-4-3-8(5-10)6-11-9;1-7(2)8-5-4-6-9(10-8)11-3;1-6(2)8-5-7(10)3-4-9-8;1-7(2)8-3-5-9-6-4-8;1-7(2)8-4-3-5-9-6-8/h2*3-4,11-12,18H,5-10H2,1-2H3;3-4,9-10H,5-8H2,1-2H3;4-6H,1-3H3,(H2,11,13);4-6H,1-3H3,(H,12,13);3-5,7H,1-2H3;3-4,6-7H,1-2H3;4-7H,1-3H3;3-6H,1-2H3,(H,9,10);2*3-7H,1-2H3. The van der Waals surface area contributed by atoms with Crippen molar-refractivity contribution >= 4 is 28.9 Å². The Morgan fingerprint density at radius 1 is 0.428 bits per heavy atom. The van der Waals surface area contributed by atoms with Crippen molar-refractivity contribution < 1.29 is 34.4 Å². The molecule has 0 atom stereocenters. The Bertz CT molecular complexity index is 5250. The molecule has 138 heavy (non-hydrogen) atoms. The molecule has 0 bridgehead atoms. The van der Waals surface area contributed by atoms with Gasteiger partial charge in [-0.15, -0.1) is 0 Å². The number of aromatic carboxylic acids is 1. The van der Waals surface area contributed by atoms with Crippen molar-refractivity contribution in [3.63, 3.8) is 0 Å². The van der Waals surface area contributed by atoms with E-state index in [4.69, 9.17) is 41.1 Å². The van der Waals surface area contributed by atoms with Crippen molar-refractivity contribution in [2.75, 3.05) is 127 Å². The first-order valence-corrected chi connectivity index (χ1v) is 48.1. The van der Waals surface area contributed by atoms with Crippen LogP contribution in [0, 0.1) is 22.7 Å². The molecule has 6 N–H and O–H groups in total. The molecule has 0 spiro atoms. The van der Waals surface area contributed by atoms with Crippen molar-refractivity contribution in [1.82, 2.24) is 64.6 Å². The van der Waals surface area contributed by atoms with Crippen LogP contribution >= 0.6 is 0 Å². The van der Waals surface area contributed by atoms with E-state index in [1.165, 1.54) is 46.5 Å². The second-order valence-electron chi connectivity index (χ2n) is 38.3. The fraction of sp³-hybridized carbons (Fsp3) is 0.468. The number of primary amides is 1. The average molecular weight is 1890 g/mol. The Labute approximate surface area is 823 Å². The number of piperazine rings is 2. The van der Waals surface area contributed by atoms with E-state index in [1.54, 1.807) is 74.5 Å². The summed E-state index contributed by atoms with van der Waals surface area (Å²) in [6, 6.07) is 47.8. The number of morpholine rings is 1. The summed E-state index contributed by atoms with van der Waals surface area (Å²) in [6.45, 7) is 64.3. The van der Waals surface area contributed by atoms with Crippen LogP contribution in [0.4, 0.5) is 17.1 Å². The molecule has 0 aromatic carbocycles. The van der Waals surface area contributed by atoms with Crippen LogP contribution in [0.3, 0.4) is 0 Å². The van der Waals surface area contributed by atoms with Crippen molar-refractivity contribution in [1.29, 1.82) is 10.5 Å². The van der Waals surface area contributed by atoms with Crippen molar-refractivity contribution in [3.8, 4) is 18.0 Å². The molecule has 1 amide bonds. The number of amides is 1. The van der Waals surface area contributed by atoms with Crippen LogP contribution in [0.5, 0.6) is 5.88 Å². The maximum absolute atomic E-state index is 10.9. The van der Waals surface area contributed by atoms with Gasteiger partial charge in [-0.05, 0) is 174 Å². The van der Waals surface area contributed by atoms with Gasteiger partial charge in [-0.25, -0.2) is 9.78 Å². The van der Waals surface area contributed by atoms with Gasteiger partial charge in [0, 0.05) is 232 Å². The zero-order valence-corrected chi connectivity index (χ0v) is 86.8. The first-order chi connectivity index (χ1) is 65.5. The minimum atomic E-state index is -0.909. The van der Waals surface area contributed by atoms with Gasteiger partial charge < -0.3 is 50.2 Å². The Kier molecular flexibility index (Phi) is 53.7. The number of hydrogen-bond donors (Lipinski definition) is 5. The van der Waals surface area contributed by atoms with Crippen LogP contribution < -0.4 is 30.6 Å². The normalized spacial score (nSPS) is 13.0. The topological polar surface area (TPSA) is 365 Å². The van der Waals surface area contributed by atoms with E-state index in [9.17, 15) is 14.4 Å². The molecule has 27 heteroatoms. The number of aliphatic hydroxyl groups excluding tert-OH is 2. The molecule has 27 nitrogen and oxygen atoms in total. The largest absolute Gasteiger partial charge is 0.481 e. The first kappa shape index (κ1) is 118. The molecule has 3 saturated heterocycles. The molecular weight excluding hydrogens is 1730 g/mol. The molecule has 11 aromatic rings. The molecular formula is C111H157N19O8. The van der Waals surface area contributed by atoms with Crippen LogP contribution in [0.1, 0.15) is 314 Å². The van der Waals surface area contributed by atoms with Crippen LogP contribution in [0.25, 0.3) is 0 Å². The lowest BCUT2D eigenvalue weighted by Gasteiger charge is -2.35. The molecule has 0 radical (unpaired) electrons. The monoisotopic (exact) mass is 1880 g/mol. The Hall–Kier alpha value is -12.6. The maximum atomic E-state index is 10.9. The highest BCUT2D eigenvalue weighted by Gasteiger charge is 2.22. The first-order valence-electron chi connectivity index (χ1n) is 48.1. The summed E-state index contributed by atoms with van der Waals surface area (Å²) < 4.78 is 10.3. The number of rotatable bonds is 19. The van der Waals surface area contributed by atoms with E-state index in [-0.39, 0.29) is 29.5 Å². The van der Waals surface area contributed by atoms with Crippen LogP contribution in [0.15, 0.2) is 219 Å². The highest BCUT2D eigenvalue weighted by molar-refractivity contribution is 5.92. The number of H-pyrrole nitrogens is 1. The van der Waals surface area contributed by atoms with Crippen LogP contribution in [0.2, 0.25) is 0 Å². The summed E-state index contributed by atoms with van der Waals surface area (Å²) in [7, 11) is 1.63. The van der Waals surface area contributed by atoms with Crippen molar-refractivity contribution in [2.24, 2.45) is 5.73 Å². The van der Waals surface area contributed by atoms with Crippen LogP contribution in [-0.4, -0.2) is 204 Å². The number of nitrogens with two attached hydrogens (primary N) is 1. The number of methoxy groups -OCH3 is 1. The fourth-order valence-corrected chi connectivity index (χ4v) is 13.1. The molecule has 0 saturated carbocycles. The molecule has 11 aromatic heterocycles. The molecule has 744 valence electrons. The number of carboxylic acid groups (broad SMARTS) is 1. The Morgan fingerprint density at radius 3 is 1.27 bits per heavy atom. The molecule has 14 rings (SSSR count).